The molecule has 1 aromatic heterocycles. The number of para-hydroxylation sites is 1. The van der Waals surface area contributed by atoms with E-state index in [9.17, 15) is 9.59 Å². The summed E-state index contributed by atoms with van der Waals surface area (Å²) in [5, 5.41) is 3.90. The number of thiophene rings is 1. The van der Waals surface area contributed by atoms with Crippen molar-refractivity contribution in [2.75, 3.05) is 30.9 Å². The smallest absolute Gasteiger partial charge is 0.341 e. The molecule has 182 valence electrons. The third kappa shape index (κ3) is 5.73. The zero-order valence-corrected chi connectivity index (χ0v) is 21.3. The summed E-state index contributed by atoms with van der Waals surface area (Å²) in [6.45, 7) is 2.01. The molecule has 6 heteroatoms. The van der Waals surface area contributed by atoms with Crippen molar-refractivity contribution in [3.05, 3.63) is 107 Å². The van der Waals surface area contributed by atoms with E-state index < -0.39 is 5.97 Å². The number of hydrogen-bond acceptors (Lipinski definition) is 6. The second-order valence-electron chi connectivity index (χ2n) is 8.27. The average molecular weight is 497 g/mol. The van der Waals surface area contributed by atoms with E-state index in [2.05, 4.69) is 5.32 Å². The van der Waals surface area contributed by atoms with Gasteiger partial charge in [-0.25, -0.2) is 4.79 Å². The van der Waals surface area contributed by atoms with Crippen LogP contribution in [0.2, 0.25) is 0 Å². The lowest BCUT2D eigenvalue weighted by atomic mass is 9.99. The highest BCUT2D eigenvalue weighted by Gasteiger charge is 2.28. The number of carbonyl (C=O) groups excluding carboxylic acids is 2. The maximum absolute atomic E-state index is 13.6. The van der Waals surface area contributed by atoms with E-state index >= 15 is 0 Å². The first kappa shape index (κ1) is 24.9. The molecule has 0 aliphatic carbocycles. The average Bonchev–Trinajstić information content (AvgIpc) is 3.28. The zero-order chi connectivity index (χ0) is 25.5. The zero-order valence-electron chi connectivity index (χ0n) is 20.5. The number of anilines is 3. The largest absolute Gasteiger partial charge is 0.462 e. The van der Waals surface area contributed by atoms with Crippen molar-refractivity contribution in [1.82, 2.24) is 0 Å². The molecular formula is C30H28N2O3S. The van der Waals surface area contributed by atoms with E-state index in [4.69, 9.17) is 4.74 Å². The fourth-order valence-corrected chi connectivity index (χ4v) is 4.93. The number of esters is 1. The van der Waals surface area contributed by atoms with Gasteiger partial charge in [-0.15, -0.1) is 11.3 Å². The van der Waals surface area contributed by atoms with Crippen molar-refractivity contribution in [1.29, 1.82) is 0 Å². The Bertz CT molecular complexity index is 1380. The molecule has 4 aromatic rings. The van der Waals surface area contributed by atoms with E-state index in [1.807, 2.05) is 104 Å². The van der Waals surface area contributed by atoms with Crippen LogP contribution < -0.4 is 10.2 Å². The van der Waals surface area contributed by atoms with Crippen LogP contribution in [0.3, 0.4) is 0 Å². The van der Waals surface area contributed by atoms with Crippen molar-refractivity contribution >= 4 is 45.5 Å². The van der Waals surface area contributed by atoms with Crippen molar-refractivity contribution < 1.29 is 14.3 Å². The van der Waals surface area contributed by atoms with Crippen LogP contribution >= 0.6 is 11.3 Å². The van der Waals surface area contributed by atoms with Crippen LogP contribution in [0.4, 0.5) is 16.4 Å². The first-order valence-electron chi connectivity index (χ1n) is 11.7. The lowest BCUT2D eigenvalue weighted by Gasteiger charge is -2.12. The Labute approximate surface area is 215 Å². The first-order chi connectivity index (χ1) is 17.5. The van der Waals surface area contributed by atoms with Gasteiger partial charge in [0, 0.05) is 31.0 Å². The molecule has 4 rings (SSSR count). The van der Waals surface area contributed by atoms with Crippen molar-refractivity contribution in [2.45, 2.75) is 6.92 Å². The van der Waals surface area contributed by atoms with Gasteiger partial charge >= 0.3 is 5.97 Å². The number of hydrogen-bond donors (Lipinski definition) is 1. The summed E-state index contributed by atoms with van der Waals surface area (Å²) in [5.41, 5.74) is 4.51. The Morgan fingerprint density at radius 1 is 0.944 bits per heavy atom. The minimum Gasteiger partial charge on any atom is -0.462 e. The number of carbonyl (C=O) groups is 2. The number of ether oxygens (including phenoxy) is 1. The number of nitrogens with one attached hydrogen (secondary N) is 1. The van der Waals surface area contributed by atoms with Gasteiger partial charge in [0.2, 0.25) is 0 Å². The van der Waals surface area contributed by atoms with Gasteiger partial charge in [0.1, 0.15) is 10.6 Å². The van der Waals surface area contributed by atoms with Crippen LogP contribution in [-0.4, -0.2) is 32.5 Å². The van der Waals surface area contributed by atoms with Gasteiger partial charge in [0.25, 0.3) is 0 Å². The highest BCUT2D eigenvalue weighted by Crippen LogP contribution is 2.42. The predicted octanol–water partition coefficient (Wildman–Crippen LogP) is 7.30. The molecule has 0 saturated heterocycles. The molecule has 0 saturated carbocycles. The summed E-state index contributed by atoms with van der Waals surface area (Å²) in [6.07, 6.45) is 3.37. The van der Waals surface area contributed by atoms with E-state index in [0.717, 1.165) is 22.5 Å². The molecule has 0 aliphatic heterocycles. The van der Waals surface area contributed by atoms with Gasteiger partial charge in [-0.2, -0.15) is 0 Å². The molecule has 3 aromatic carbocycles. The maximum atomic E-state index is 13.6. The molecule has 0 unspecified atom stereocenters. The fraction of sp³-hybridized carbons (Fsp3) is 0.133. The normalized spacial score (nSPS) is 10.9. The number of allylic oxidation sites excluding steroid dienone is 1. The quantitative estimate of drug-likeness (QED) is 0.150. The molecule has 0 amide bonds. The third-order valence-corrected chi connectivity index (χ3v) is 6.64. The van der Waals surface area contributed by atoms with Crippen molar-refractivity contribution in [3.63, 3.8) is 0 Å². The molecule has 5 nitrogen and oxygen atoms in total. The second-order valence-corrected chi connectivity index (χ2v) is 9.30. The molecule has 0 radical (unpaired) electrons. The van der Waals surface area contributed by atoms with Crippen LogP contribution in [0.25, 0.3) is 17.2 Å². The summed E-state index contributed by atoms with van der Waals surface area (Å²) >= 11 is 1.26. The summed E-state index contributed by atoms with van der Waals surface area (Å²) in [6, 6.07) is 27.0. The standard InChI is InChI=1S/C30H28N2O3S/c1-4-35-30(34)27-26(22-13-7-5-8-14-22)28(36-29(27)31-23-15-9-6-10-16-23)25(33)19-18-21-12-11-17-24(20-21)32(2)3/h5-20,31H,4H2,1-3H3/b19-18+. The van der Waals surface area contributed by atoms with Gasteiger partial charge in [-0.05, 0) is 48.4 Å². The molecule has 0 aliphatic rings. The summed E-state index contributed by atoms with van der Waals surface area (Å²) < 4.78 is 5.42. The third-order valence-electron chi connectivity index (χ3n) is 5.52. The summed E-state index contributed by atoms with van der Waals surface area (Å²) in [5.74, 6) is -0.645. The topological polar surface area (TPSA) is 58.6 Å². The van der Waals surface area contributed by atoms with E-state index in [0.29, 0.717) is 21.0 Å². The molecule has 0 atom stereocenters. The van der Waals surface area contributed by atoms with Gasteiger partial charge in [0.15, 0.2) is 5.78 Å². The van der Waals surface area contributed by atoms with Gasteiger partial charge in [0.05, 0.1) is 11.5 Å². The van der Waals surface area contributed by atoms with E-state index in [1.54, 1.807) is 19.1 Å². The Balaban J connectivity index is 1.82. The number of nitrogens with zero attached hydrogens (tertiary/aromatic N) is 1. The Kier molecular flexibility index (Phi) is 7.98. The van der Waals surface area contributed by atoms with E-state index in [-0.39, 0.29) is 12.4 Å². The van der Waals surface area contributed by atoms with Gasteiger partial charge in [-0.3, -0.25) is 4.79 Å². The number of ketones is 1. The van der Waals surface area contributed by atoms with Crippen LogP contribution in [0, 0.1) is 0 Å². The Morgan fingerprint density at radius 2 is 1.64 bits per heavy atom. The molecule has 36 heavy (non-hydrogen) atoms. The SMILES string of the molecule is CCOC(=O)c1c(Nc2ccccc2)sc(C(=O)/C=C/c2cccc(N(C)C)c2)c1-c1ccccc1. The molecule has 0 bridgehead atoms. The lowest BCUT2D eigenvalue weighted by Crippen LogP contribution is -2.08. The highest BCUT2D eigenvalue weighted by atomic mass is 32.1. The minimum absolute atomic E-state index is 0.180. The van der Waals surface area contributed by atoms with Crippen LogP contribution in [0.5, 0.6) is 0 Å². The Hall–Kier alpha value is -4.16. The molecule has 0 spiro atoms. The van der Waals surface area contributed by atoms with E-state index in [1.165, 1.54) is 11.3 Å². The predicted molar refractivity (Wildman–Crippen MR) is 150 cm³/mol. The lowest BCUT2D eigenvalue weighted by molar-refractivity contribution is 0.0529. The van der Waals surface area contributed by atoms with Gasteiger partial charge in [-0.1, -0.05) is 66.7 Å². The minimum atomic E-state index is -0.465. The highest BCUT2D eigenvalue weighted by molar-refractivity contribution is 7.19. The monoisotopic (exact) mass is 496 g/mol. The number of benzene rings is 3. The first-order valence-corrected chi connectivity index (χ1v) is 12.5. The number of rotatable bonds is 9. The van der Waals surface area contributed by atoms with Crippen LogP contribution in [0.1, 0.15) is 32.5 Å². The molecular weight excluding hydrogens is 468 g/mol. The van der Waals surface area contributed by atoms with Crippen molar-refractivity contribution in [3.8, 4) is 11.1 Å². The Morgan fingerprint density at radius 3 is 2.31 bits per heavy atom. The summed E-state index contributed by atoms with van der Waals surface area (Å²) in [7, 11) is 3.95. The van der Waals surface area contributed by atoms with Gasteiger partial charge < -0.3 is 15.0 Å². The molecule has 1 heterocycles. The second kappa shape index (κ2) is 11.5. The fourth-order valence-electron chi connectivity index (χ4n) is 3.78. The van der Waals surface area contributed by atoms with Crippen LogP contribution in [-0.2, 0) is 4.74 Å². The molecule has 1 N–H and O–H groups in total. The maximum Gasteiger partial charge on any atom is 0.341 e. The summed E-state index contributed by atoms with van der Waals surface area (Å²) in [4.78, 5) is 29.2. The van der Waals surface area contributed by atoms with Crippen LogP contribution in [0.15, 0.2) is 91.0 Å². The molecule has 0 fully saturated rings. The van der Waals surface area contributed by atoms with Crippen molar-refractivity contribution in [2.24, 2.45) is 0 Å².